The van der Waals surface area contributed by atoms with E-state index in [2.05, 4.69) is 11.2 Å². The highest BCUT2D eigenvalue weighted by molar-refractivity contribution is 5.20. The number of hydrogen-bond donors (Lipinski definition) is 1. The lowest BCUT2D eigenvalue weighted by atomic mass is 10.1. The number of nitrogens with one attached hydrogen (secondary N) is 1. The van der Waals surface area contributed by atoms with E-state index in [0.29, 0.717) is 12.5 Å². The summed E-state index contributed by atoms with van der Waals surface area (Å²) < 4.78 is 38.7. The second-order valence-electron chi connectivity index (χ2n) is 3.37. The molecule has 1 aromatic carbocycles. The van der Waals surface area contributed by atoms with Crippen LogP contribution in [0.3, 0.4) is 0 Å². The molecule has 0 heterocycles. The molecule has 0 radical (unpaired) electrons. The van der Waals surface area contributed by atoms with Gasteiger partial charge in [-0.3, -0.25) is 5.32 Å². The van der Waals surface area contributed by atoms with Crippen LogP contribution in [-0.4, -0.2) is 6.04 Å². The Hall–Kier alpha value is -1.47. The molecule has 1 aromatic rings. The van der Waals surface area contributed by atoms with Crippen molar-refractivity contribution in [3.05, 3.63) is 35.1 Å². The fourth-order valence-corrected chi connectivity index (χ4v) is 1.25. The van der Waals surface area contributed by atoms with E-state index in [0.717, 1.165) is 6.07 Å². The van der Waals surface area contributed by atoms with Gasteiger partial charge in [0.25, 0.3) is 0 Å². The van der Waals surface area contributed by atoms with Crippen LogP contribution in [0.1, 0.15) is 18.9 Å². The smallest absolute Gasteiger partial charge is 0.161 e. The predicted molar refractivity (Wildman–Crippen MR) is 56.1 cm³/mol. The van der Waals surface area contributed by atoms with Crippen molar-refractivity contribution in [3.8, 4) is 12.3 Å². The highest BCUT2D eigenvalue weighted by atomic mass is 19.2. The Balaban J connectivity index is 2.75. The van der Waals surface area contributed by atoms with Gasteiger partial charge < -0.3 is 0 Å². The van der Waals surface area contributed by atoms with Gasteiger partial charge in [-0.15, -0.1) is 6.42 Å². The third-order valence-electron chi connectivity index (χ3n) is 2.24. The van der Waals surface area contributed by atoms with Crippen molar-refractivity contribution in [2.75, 3.05) is 0 Å². The molecule has 16 heavy (non-hydrogen) atoms. The van der Waals surface area contributed by atoms with Crippen LogP contribution >= 0.6 is 0 Å². The zero-order chi connectivity index (χ0) is 12.1. The molecule has 0 amide bonds. The minimum Gasteiger partial charge on any atom is -0.299 e. The number of rotatable bonds is 4. The average Bonchev–Trinajstić information content (AvgIpc) is 2.26. The van der Waals surface area contributed by atoms with Gasteiger partial charge in [-0.25, -0.2) is 13.2 Å². The molecule has 4 heteroatoms. The Morgan fingerprint density at radius 2 is 1.88 bits per heavy atom. The number of benzene rings is 1. The SMILES string of the molecule is C#CC(CC)NCc1cc(F)c(F)cc1F. The van der Waals surface area contributed by atoms with Gasteiger partial charge in [0.2, 0.25) is 0 Å². The zero-order valence-electron chi connectivity index (χ0n) is 8.86. The van der Waals surface area contributed by atoms with E-state index in [1.165, 1.54) is 0 Å². The molecule has 0 bridgehead atoms. The Morgan fingerprint density at radius 1 is 1.25 bits per heavy atom. The molecule has 0 fully saturated rings. The van der Waals surface area contributed by atoms with Crippen LogP contribution in [-0.2, 0) is 6.54 Å². The van der Waals surface area contributed by atoms with Crippen LogP contribution < -0.4 is 5.32 Å². The van der Waals surface area contributed by atoms with E-state index in [-0.39, 0.29) is 18.2 Å². The van der Waals surface area contributed by atoms with Gasteiger partial charge >= 0.3 is 0 Å². The molecule has 1 N–H and O–H groups in total. The van der Waals surface area contributed by atoms with E-state index < -0.39 is 17.5 Å². The second-order valence-corrected chi connectivity index (χ2v) is 3.37. The molecule has 0 aromatic heterocycles. The molecule has 0 aliphatic carbocycles. The van der Waals surface area contributed by atoms with Gasteiger partial charge in [-0.2, -0.15) is 0 Å². The molecular weight excluding hydrogens is 215 g/mol. The molecular formula is C12H12F3N. The first-order chi connectivity index (χ1) is 7.58. The molecule has 86 valence electrons. The summed E-state index contributed by atoms with van der Waals surface area (Å²) in [5, 5.41) is 2.86. The van der Waals surface area contributed by atoms with Crippen molar-refractivity contribution in [1.82, 2.24) is 5.32 Å². The molecule has 0 saturated heterocycles. The van der Waals surface area contributed by atoms with Crippen LogP contribution in [0.15, 0.2) is 12.1 Å². The Morgan fingerprint density at radius 3 is 2.44 bits per heavy atom. The highest BCUT2D eigenvalue weighted by Gasteiger charge is 2.10. The minimum atomic E-state index is -1.19. The van der Waals surface area contributed by atoms with Gasteiger partial charge in [-0.05, 0) is 12.5 Å². The monoisotopic (exact) mass is 227 g/mol. The van der Waals surface area contributed by atoms with E-state index in [4.69, 9.17) is 6.42 Å². The fourth-order valence-electron chi connectivity index (χ4n) is 1.25. The van der Waals surface area contributed by atoms with Gasteiger partial charge in [0, 0.05) is 18.2 Å². The average molecular weight is 227 g/mol. The largest absolute Gasteiger partial charge is 0.299 e. The van der Waals surface area contributed by atoms with Crippen molar-refractivity contribution < 1.29 is 13.2 Å². The van der Waals surface area contributed by atoms with Crippen molar-refractivity contribution in [3.63, 3.8) is 0 Å². The summed E-state index contributed by atoms with van der Waals surface area (Å²) in [4.78, 5) is 0. The van der Waals surface area contributed by atoms with Crippen LogP contribution in [0.25, 0.3) is 0 Å². The maximum Gasteiger partial charge on any atom is 0.161 e. The summed E-state index contributed by atoms with van der Waals surface area (Å²) in [6.07, 6.45) is 5.88. The van der Waals surface area contributed by atoms with E-state index >= 15 is 0 Å². The molecule has 0 aliphatic rings. The van der Waals surface area contributed by atoms with Gasteiger partial charge in [0.1, 0.15) is 5.82 Å². The zero-order valence-corrected chi connectivity index (χ0v) is 8.86. The van der Waals surface area contributed by atoms with Crippen molar-refractivity contribution >= 4 is 0 Å². The number of hydrogen-bond acceptors (Lipinski definition) is 1. The van der Waals surface area contributed by atoms with Crippen LogP contribution in [0.4, 0.5) is 13.2 Å². The summed E-state index contributed by atoms with van der Waals surface area (Å²) in [6.45, 7) is 1.95. The van der Waals surface area contributed by atoms with Crippen molar-refractivity contribution in [2.24, 2.45) is 0 Å². The predicted octanol–water partition coefficient (Wildman–Crippen LogP) is 2.61. The van der Waals surface area contributed by atoms with Gasteiger partial charge in [-0.1, -0.05) is 12.8 Å². The lowest BCUT2D eigenvalue weighted by Crippen LogP contribution is -2.26. The summed E-state index contributed by atoms with van der Waals surface area (Å²) in [5.41, 5.74) is 0.0626. The number of terminal acetylenes is 1. The maximum atomic E-state index is 13.2. The molecule has 1 unspecified atom stereocenters. The fraction of sp³-hybridized carbons (Fsp3) is 0.333. The molecule has 1 atom stereocenters. The summed E-state index contributed by atoms with van der Waals surface area (Å²) in [6, 6.07) is 1.16. The molecule has 0 spiro atoms. The standard InChI is InChI=1S/C12H12F3N/c1-3-9(4-2)16-7-8-5-11(14)12(15)6-10(8)13/h1,5-6,9,16H,4,7H2,2H3. The lowest BCUT2D eigenvalue weighted by Gasteiger charge is -2.11. The Kier molecular flexibility index (Phi) is 4.39. The van der Waals surface area contributed by atoms with Crippen LogP contribution in [0, 0.1) is 29.8 Å². The van der Waals surface area contributed by atoms with E-state index in [9.17, 15) is 13.2 Å². The van der Waals surface area contributed by atoms with Crippen LogP contribution in [0.5, 0.6) is 0 Å². The van der Waals surface area contributed by atoms with Gasteiger partial charge in [0.05, 0.1) is 6.04 Å². The summed E-state index contributed by atoms with van der Waals surface area (Å²) in [5.74, 6) is -0.566. The van der Waals surface area contributed by atoms with Crippen molar-refractivity contribution in [2.45, 2.75) is 25.9 Å². The molecule has 1 rings (SSSR count). The topological polar surface area (TPSA) is 12.0 Å². The molecule has 1 nitrogen and oxygen atoms in total. The van der Waals surface area contributed by atoms with Crippen molar-refractivity contribution in [1.29, 1.82) is 0 Å². The summed E-state index contributed by atoms with van der Waals surface area (Å²) >= 11 is 0. The first-order valence-electron chi connectivity index (χ1n) is 4.91. The first kappa shape index (κ1) is 12.6. The number of halogens is 3. The quantitative estimate of drug-likeness (QED) is 0.616. The lowest BCUT2D eigenvalue weighted by molar-refractivity contribution is 0.484. The summed E-state index contributed by atoms with van der Waals surface area (Å²) in [7, 11) is 0. The third kappa shape index (κ3) is 3.01. The first-order valence-corrected chi connectivity index (χ1v) is 4.91. The Bertz CT molecular complexity index is 409. The van der Waals surface area contributed by atoms with Crippen LogP contribution in [0.2, 0.25) is 0 Å². The second kappa shape index (κ2) is 5.57. The van der Waals surface area contributed by atoms with Gasteiger partial charge in [0.15, 0.2) is 11.6 Å². The molecule has 0 saturated carbocycles. The van der Waals surface area contributed by atoms with E-state index in [1.807, 2.05) is 6.92 Å². The third-order valence-corrected chi connectivity index (χ3v) is 2.24. The molecule has 0 aliphatic heterocycles. The highest BCUT2D eigenvalue weighted by Crippen LogP contribution is 2.13. The normalized spacial score (nSPS) is 12.2. The minimum absolute atomic E-state index is 0.0626. The Labute approximate surface area is 92.7 Å². The van der Waals surface area contributed by atoms with E-state index in [1.54, 1.807) is 0 Å². The maximum absolute atomic E-state index is 13.2.